The van der Waals surface area contributed by atoms with Gasteiger partial charge in [0.25, 0.3) is 0 Å². The van der Waals surface area contributed by atoms with Crippen molar-refractivity contribution in [1.29, 1.82) is 0 Å². The van der Waals surface area contributed by atoms with E-state index in [-0.39, 0.29) is 0 Å². The number of nitrogens with zero attached hydrogens (tertiary/aromatic N) is 2. The minimum atomic E-state index is 0.726. The first kappa shape index (κ1) is 13.3. The van der Waals surface area contributed by atoms with E-state index in [4.69, 9.17) is 0 Å². The number of hydrogen-bond acceptors (Lipinski definition) is 3. The fourth-order valence-corrected chi connectivity index (χ4v) is 3.34. The zero-order valence-electron chi connectivity index (χ0n) is 11.8. The van der Waals surface area contributed by atoms with Gasteiger partial charge < -0.3 is 5.32 Å². The van der Waals surface area contributed by atoms with E-state index in [2.05, 4.69) is 35.9 Å². The summed E-state index contributed by atoms with van der Waals surface area (Å²) in [6, 6.07) is 1.46. The van der Waals surface area contributed by atoms with Crippen LogP contribution >= 0.6 is 0 Å². The molecule has 0 aliphatic carbocycles. The third-order valence-electron chi connectivity index (χ3n) is 4.64. The molecular formula is C14H29N3. The average molecular weight is 239 g/mol. The van der Waals surface area contributed by atoms with E-state index >= 15 is 0 Å². The molecule has 0 aromatic heterocycles. The van der Waals surface area contributed by atoms with E-state index in [1.165, 1.54) is 52.1 Å². The zero-order valence-corrected chi connectivity index (χ0v) is 11.8. The van der Waals surface area contributed by atoms with Gasteiger partial charge in [0.05, 0.1) is 0 Å². The Morgan fingerprint density at radius 1 is 1.24 bits per heavy atom. The molecule has 1 N–H and O–H groups in total. The van der Waals surface area contributed by atoms with Crippen molar-refractivity contribution in [2.45, 2.75) is 45.7 Å². The third-order valence-corrected chi connectivity index (χ3v) is 4.64. The molecule has 100 valence electrons. The smallest absolute Gasteiger partial charge is 0.0220 e. The lowest BCUT2D eigenvalue weighted by molar-refractivity contribution is 0.0726. The maximum atomic E-state index is 3.70. The van der Waals surface area contributed by atoms with Crippen LogP contribution < -0.4 is 5.32 Å². The molecule has 2 aliphatic heterocycles. The normalized spacial score (nSPS) is 37.2. The van der Waals surface area contributed by atoms with E-state index in [9.17, 15) is 0 Å². The number of nitrogens with one attached hydrogen (secondary N) is 1. The lowest BCUT2D eigenvalue weighted by Crippen LogP contribution is -2.56. The largest absolute Gasteiger partial charge is 0.312 e. The fourth-order valence-electron chi connectivity index (χ4n) is 3.34. The molecule has 2 heterocycles. The van der Waals surface area contributed by atoms with Crippen LogP contribution in [0.4, 0.5) is 0 Å². The quantitative estimate of drug-likeness (QED) is 0.803. The van der Waals surface area contributed by atoms with Crippen molar-refractivity contribution in [1.82, 2.24) is 15.1 Å². The van der Waals surface area contributed by atoms with Gasteiger partial charge >= 0.3 is 0 Å². The van der Waals surface area contributed by atoms with Crippen molar-refractivity contribution in [3.8, 4) is 0 Å². The van der Waals surface area contributed by atoms with Gasteiger partial charge in [-0.1, -0.05) is 13.8 Å². The van der Waals surface area contributed by atoms with Gasteiger partial charge in [-0.15, -0.1) is 0 Å². The predicted octanol–water partition coefficient (Wildman–Crippen LogP) is 1.40. The molecule has 0 bridgehead atoms. The molecule has 0 radical (unpaired) electrons. The molecule has 2 saturated heterocycles. The number of likely N-dealkylation sites (N-methyl/N-ethyl adjacent to an activating group) is 1. The minimum Gasteiger partial charge on any atom is -0.312 e. The Labute approximate surface area is 107 Å². The van der Waals surface area contributed by atoms with Crippen LogP contribution in [-0.2, 0) is 0 Å². The van der Waals surface area contributed by atoms with Crippen LogP contribution in [0.5, 0.6) is 0 Å². The lowest BCUT2D eigenvalue weighted by Gasteiger charge is -2.42. The monoisotopic (exact) mass is 239 g/mol. The molecule has 2 rings (SSSR count). The van der Waals surface area contributed by atoms with Crippen molar-refractivity contribution in [2.75, 3.05) is 39.3 Å². The van der Waals surface area contributed by atoms with Gasteiger partial charge in [-0.25, -0.2) is 0 Å². The van der Waals surface area contributed by atoms with Crippen LogP contribution in [0.15, 0.2) is 0 Å². The molecule has 0 aromatic rings. The molecule has 2 fully saturated rings. The summed E-state index contributed by atoms with van der Waals surface area (Å²) in [5.74, 6) is 0.850. The van der Waals surface area contributed by atoms with Crippen LogP contribution in [0.2, 0.25) is 0 Å². The van der Waals surface area contributed by atoms with Crippen molar-refractivity contribution >= 4 is 0 Å². The first-order valence-corrected chi connectivity index (χ1v) is 7.40. The highest BCUT2D eigenvalue weighted by atomic mass is 15.3. The van der Waals surface area contributed by atoms with Gasteiger partial charge in [-0.05, 0) is 38.8 Å². The Bertz CT molecular complexity index is 232. The Kier molecular flexibility index (Phi) is 4.83. The maximum Gasteiger partial charge on any atom is 0.0220 e. The molecule has 0 amide bonds. The molecule has 17 heavy (non-hydrogen) atoms. The second kappa shape index (κ2) is 6.17. The van der Waals surface area contributed by atoms with Crippen LogP contribution in [0.3, 0.4) is 0 Å². The van der Waals surface area contributed by atoms with Gasteiger partial charge in [0.2, 0.25) is 0 Å². The van der Waals surface area contributed by atoms with Crippen LogP contribution in [0.25, 0.3) is 0 Å². The van der Waals surface area contributed by atoms with Crippen molar-refractivity contribution in [2.24, 2.45) is 5.92 Å². The Morgan fingerprint density at radius 2 is 2.06 bits per heavy atom. The molecule has 2 aliphatic rings. The van der Waals surface area contributed by atoms with Crippen molar-refractivity contribution < 1.29 is 0 Å². The Morgan fingerprint density at radius 3 is 2.71 bits per heavy atom. The summed E-state index contributed by atoms with van der Waals surface area (Å²) < 4.78 is 0. The summed E-state index contributed by atoms with van der Waals surface area (Å²) >= 11 is 0. The second-order valence-electron chi connectivity index (χ2n) is 5.92. The number of piperazine rings is 1. The highest BCUT2D eigenvalue weighted by molar-refractivity contribution is 4.85. The molecule has 0 spiro atoms. The lowest BCUT2D eigenvalue weighted by atomic mass is 9.92. The van der Waals surface area contributed by atoms with Crippen molar-refractivity contribution in [3.05, 3.63) is 0 Å². The Balaban J connectivity index is 1.79. The first-order chi connectivity index (χ1) is 8.20. The van der Waals surface area contributed by atoms with E-state index < -0.39 is 0 Å². The standard InChI is InChI=1S/C14H29N3/c1-4-17-9-8-16(10-13(17)3)11-14-12(2)6-5-7-15-14/h12-15H,4-11H2,1-3H3. The summed E-state index contributed by atoms with van der Waals surface area (Å²) in [5, 5.41) is 3.70. The number of piperidine rings is 1. The average Bonchev–Trinajstić information content (AvgIpc) is 2.32. The molecule has 0 saturated carbocycles. The Hall–Kier alpha value is -0.120. The van der Waals surface area contributed by atoms with Crippen LogP contribution in [-0.4, -0.2) is 61.2 Å². The van der Waals surface area contributed by atoms with E-state index in [1.807, 2.05) is 0 Å². The first-order valence-electron chi connectivity index (χ1n) is 7.40. The SMILES string of the molecule is CCN1CCN(CC2NCCCC2C)CC1C. The summed E-state index contributed by atoms with van der Waals surface area (Å²) in [5.41, 5.74) is 0. The zero-order chi connectivity index (χ0) is 12.3. The number of rotatable bonds is 3. The molecule has 0 aromatic carbocycles. The fraction of sp³-hybridized carbons (Fsp3) is 1.00. The summed E-state index contributed by atoms with van der Waals surface area (Å²) in [7, 11) is 0. The van der Waals surface area contributed by atoms with Gasteiger partial charge in [0, 0.05) is 38.3 Å². The van der Waals surface area contributed by atoms with Crippen LogP contribution in [0.1, 0.15) is 33.6 Å². The van der Waals surface area contributed by atoms with Crippen LogP contribution in [0, 0.1) is 5.92 Å². The second-order valence-corrected chi connectivity index (χ2v) is 5.92. The van der Waals surface area contributed by atoms with Gasteiger partial charge in [-0.3, -0.25) is 9.80 Å². The third kappa shape index (κ3) is 3.43. The van der Waals surface area contributed by atoms with Gasteiger partial charge in [0.1, 0.15) is 0 Å². The molecular weight excluding hydrogens is 210 g/mol. The topological polar surface area (TPSA) is 18.5 Å². The molecule has 3 nitrogen and oxygen atoms in total. The molecule has 3 atom stereocenters. The molecule has 3 heteroatoms. The summed E-state index contributed by atoms with van der Waals surface area (Å²) in [4.78, 5) is 5.25. The highest BCUT2D eigenvalue weighted by Gasteiger charge is 2.27. The molecule has 3 unspecified atom stereocenters. The minimum absolute atomic E-state index is 0.726. The highest BCUT2D eigenvalue weighted by Crippen LogP contribution is 2.18. The number of hydrogen-bond donors (Lipinski definition) is 1. The predicted molar refractivity (Wildman–Crippen MR) is 73.3 cm³/mol. The van der Waals surface area contributed by atoms with E-state index in [0.717, 1.165) is 18.0 Å². The van der Waals surface area contributed by atoms with Crippen molar-refractivity contribution in [3.63, 3.8) is 0 Å². The van der Waals surface area contributed by atoms with E-state index in [1.54, 1.807) is 0 Å². The summed E-state index contributed by atoms with van der Waals surface area (Å²) in [6.07, 6.45) is 2.76. The van der Waals surface area contributed by atoms with Gasteiger partial charge in [-0.2, -0.15) is 0 Å². The maximum absolute atomic E-state index is 3.70. The summed E-state index contributed by atoms with van der Waals surface area (Å²) in [6.45, 7) is 14.5. The van der Waals surface area contributed by atoms with E-state index in [0.29, 0.717) is 0 Å². The van der Waals surface area contributed by atoms with Gasteiger partial charge in [0.15, 0.2) is 0 Å².